The molecule has 3 N–H and O–H groups in total. The van der Waals surface area contributed by atoms with Crippen LogP contribution in [0.3, 0.4) is 0 Å². The second-order valence-corrected chi connectivity index (χ2v) is 5.48. The molecule has 2 rings (SSSR count). The van der Waals surface area contributed by atoms with Gasteiger partial charge in [0.1, 0.15) is 0 Å². The second kappa shape index (κ2) is 7.75. The van der Waals surface area contributed by atoms with E-state index in [0.29, 0.717) is 13.1 Å². The molecular weight excluding hydrogens is 328 g/mol. The summed E-state index contributed by atoms with van der Waals surface area (Å²) in [7, 11) is 0. The van der Waals surface area contributed by atoms with Crippen LogP contribution in [-0.2, 0) is 6.54 Å². The number of carbonyl (C=O) groups is 1. The molecule has 0 fully saturated rings. The topological polar surface area (TPSA) is 74.5 Å². The number of nitrogens with zero attached hydrogens (tertiary/aromatic N) is 1. The van der Waals surface area contributed by atoms with Crippen LogP contribution in [0.5, 0.6) is 11.5 Å². The first kappa shape index (κ1) is 17.7. The number of halogens is 1. The number of carbonyl (C=O) groups excluding carboxylic acids is 1. The normalized spacial score (nSPS) is 10.9. The lowest BCUT2D eigenvalue weighted by Gasteiger charge is -2.11. The van der Waals surface area contributed by atoms with Gasteiger partial charge < -0.3 is 20.1 Å². The molecule has 1 aromatic carbocycles. The Morgan fingerprint density at radius 3 is 2.79 bits per heavy atom. The van der Waals surface area contributed by atoms with E-state index in [4.69, 9.17) is 11.6 Å². The Kier molecular flexibility index (Phi) is 5.71. The standard InChI is InChI=1S/C18H19ClN2O3/c1-3-5-14-12(4-2)8-10-21(14)11-9-20-18(24)13-6-7-15(22)17(23)16(13)19/h3-8,10,22-23H,2,9,11H2,1H3,(H,20,24)/b5-3-. The summed E-state index contributed by atoms with van der Waals surface area (Å²) >= 11 is 5.88. The van der Waals surface area contributed by atoms with E-state index >= 15 is 0 Å². The highest BCUT2D eigenvalue weighted by Gasteiger charge is 2.16. The van der Waals surface area contributed by atoms with Crippen molar-refractivity contribution in [2.75, 3.05) is 6.54 Å². The third-order valence-electron chi connectivity index (χ3n) is 3.56. The van der Waals surface area contributed by atoms with Crippen LogP contribution < -0.4 is 5.32 Å². The fourth-order valence-corrected chi connectivity index (χ4v) is 2.58. The molecule has 0 aliphatic carbocycles. The molecule has 5 nitrogen and oxygen atoms in total. The summed E-state index contributed by atoms with van der Waals surface area (Å²) in [6, 6.07) is 4.55. The van der Waals surface area contributed by atoms with Gasteiger partial charge in [-0.25, -0.2) is 0 Å². The number of rotatable bonds is 6. The highest BCUT2D eigenvalue weighted by Crippen LogP contribution is 2.35. The number of aromatic hydroxyl groups is 2. The summed E-state index contributed by atoms with van der Waals surface area (Å²) in [5.74, 6) is -1.28. The van der Waals surface area contributed by atoms with Crippen molar-refractivity contribution >= 4 is 29.7 Å². The van der Waals surface area contributed by atoms with Gasteiger partial charge in [-0.2, -0.15) is 0 Å². The molecule has 1 amide bonds. The van der Waals surface area contributed by atoms with E-state index in [-0.39, 0.29) is 16.3 Å². The molecule has 0 atom stereocenters. The van der Waals surface area contributed by atoms with Crippen molar-refractivity contribution in [3.8, 4) is 11.5 Å². The van der Waals surface area contributed by atoms with Crippen LogP contribution in [0, 0.1) is 0 Å². The minimum atomic E-state index is -0.499. The molecule has 0 saturated heterocycles. The van der Waals surface area contributed by atoms with Crippen molar-refractivity contribution in [2.45, 2.75) is 13.5 Å². The summed E-state index contributed by atoms with van der Waals surface area (Å²) in [6.45, 7) is 6.67. The number of aromatic nitrogens is 1. The molecule has 0 unspecified atom stereocenters. The average Bonchev–Trinajstić information content (AvgIpc) is 2.95. The third kappa shape index (κ3) is 3.63. The molecule has 2 aromatic rings. The maximum Gasteiger partial charge on any atom is 0.253 e. The highest BCUT2D eigenvalue weighted by atomic mass is 35.5. The van der Waals surface area contributed by atoms with E-state index in [2.05, 4.69) is 11.9 Å². The molecule has 126 valence electrons. The lowest BCUT2D eigenvalue weighted by Crippen LogP contribution is -2.27. The maximum absolute atomic E-state index is 12.2. The van der Waals surface area contributed by atoms with Crippen LogP contribution in [0.4, 0.5) is 0 Å². The third-order valence-corrected chi connectivity index (χ3v) is 3.94. The molecule has 1 aromatic heterocycles. The molecule has 0 saturated carbocycles. The Morgan fingerprint density at radius 2 is 2.12 bits per heavy atom. The van der Waals surface area contributed by atoms with Gasteiger partial charge in [-0.15, -0.1) is 0 Å². The van der Waals surface area contributed by atoms with Gasteiger partial charge in [-0.05, 0) is 36.8 Å². The number of hydrogen-bond donors (Lipinski definition) is 3. The van der Waals surface area contributed by atoms with Gasteiger partial charge >= 0.3 is 0 Å². The van der Waals surface area contributed by atoms with Gasteiger partial charge in [0.25, 0.3) is 5.91 Å². The number of benzene rings is 1. The van der Waals surface area contributed by atoms with Crippen LogP contribution in [-0.4, -0.2) is 27.2 Å². The zero-order chi connectivity index (χ0) is 17.7. The van der Waals surface area contributed by atoms with Crippen molar-refractivity contribution in [2.24, 2.45) is 0 Å². The van der Waals surface area contributed by atoms with Crippen molar-refractivity contribution in [1.29, 1.82) is 0 Å². The SMILES string of the molecule is C=Cc1ccn(CCNC(=O)c2ccc(O)c(O)c2Cl)c1/C=C\C. The van der Waals surface area contributed by atoms with Gasteiger partial charge in [0.2, 0.25) is 0 Å². The lowest BCUT2D eigenvalue weighted by atomic mass is 10.2. The van der Waals surface area contributed by atoms with Gasteiger partial charge in [0.05, 0.1) is 10.6 Å². The molecule has 0 aliphatic rings. The van der Waals surface area contributed by atoms with E-state index in [0.717, 1.165) is 11.3 Å². The van der Waals surface area contributed by atoms with Crippen molar-refractivity contribution < 1.29 is 15.0 Å². The number of hydrogen-bond acceptors (Lipinski definition) is 3. The van der Waals surface area contributed by atoms with Crippen LogP contribution in [0.2, 0.25) is 5.02 Å². The molecule has 0 bridgehead atoms. The van der Waals surface area contributed by atoms with E-state index in [1.54, 1.807) is 6.08 Å². The van der Waals surface area contributed by atoms with E-state index in [9.17, 15) is 15.0 Å². The van der Waals surface area contributed by atoms with Crippen LogP contribution in [0.25, 0.3) is 12.2 Å². The van der Waals surface area contributed by atoms with Crippen LogP contribution >= 0.6 is 11.6 Å². The number of amides is 1. The quantitative estimate of drug-likeness (QED) is 0.699. The first-order valence-corrected chi connectivity index (χ1v) is 7.80. The minimum Gasteiger partial charge on any atom is -0.504 e. The molecular formula is C18H19ClN2O3. The molecule has 24 heavy (non-hydrogen) atoms. The summed E-state index contributed by atoms with van der Waals surface area (Å²) in [4.78, 5) is 12.2. The van der Waals surface area contributed by atoms with Crippen molar-refractivity contribution in [3.05, 3.63) is 58.9 Å². The van der Waals surface area contributed by atoms with E-state index in [1.165, 1.54) is 12.1 Å². The van der Waals surface area contributed by atoms with E-state index in [1.807, 2.05) is 35.9 Å². The summed E-state index contributed by atoms with van der Waals surface area (Å²) < 4.78 is 2.01. The Labute approximate surface area is 145 Å². The number of allylic oxidation sites excluding steroid dienone is 1. The summed E-state index contributed by atoms with van der Waals surface area (Å²) in [5.41, 5.74) is 2.15. The average molecular weight is 347 g/mol. The van der Waals surface area contributed by atoms with Gasteiger partial charge in [-0.1, -0.05) is 30.3 Å². The van der Waals surface area contributed by atoms with Crippen LogP contribution in [0.15, 0.2) is 37.1 Å². The van der Waals surface area contributed by atoms with Gasteiger partial charge in [0.15, 0.2) is 11.5 Å². The first-order chi connectivity index (χ1) is 11.5. The maximum atomic E-state index is 12.2. The Morgan fingerprint density at radius 1 is 1.38 bits per heavy atom. The second-order valence-electron chi connectivity index (χ2n) is 5.10. The Balaban J connectivity index is 2.05. The monoisotopic (exact) mass is 346 g/mol. The molecule has 6 heteroatoms. The van der Waals surface area contributed by atoms with Crippen LogP contribution in [0.1, 0.15) is 28.5 Å². The molecule has 0 spiro atoms. The Bertz CT molecular complexity index is 794. The molecule has 0 aliphatic heterocycles. The Hall–Kier alpha value is -2.66. The smallest absolute Gasteiger partial charge is 0.253 e. The summed E-state index contributed by atoms with van der Waals surface area (Å²) in [5, 5.41) is 21.5. The lowest BCUT2D eigenvalue weighted by molar-refractivity contribution is 0.0952. The van der Waals surface area contributed by atoms with Crippen molar-refractivity contribution in [1.82, 2.24) is 9.88 Å². The predicted molar refractivity (Wildman–Crippen MR) is 96.3 cm³/mol. The largest absolute Gasteiger partial charge is 0.504 e. The minimum absolute atomic E-state index is 0.111. The molecule has 1 heterocycles. The fourth-order valence-electron chi connectivity index (χ4n) is 2.33. The highest BCUT2D eigenvalue weighted by molar-refractivity contribution is 6.35. The zero-order valence-electron chi connectivity index (χ0n) is 13.3. The number of phenols is 2. The predicted octanol–water partition coefficient (Wildman–Crippen LogP) is 3.66. The van der Waals surface area contributed by atoms with Gasteiger partial charge in [0, 0.05) is 25.0 Å². The zero-order valence-corrected chi connectivity index (χ0v) is 14.0. The number of phenolic OH excluding ortho intramolecular Hbond substituents is 2. The fraction of sp³-hybridized carbons (Fsp3) is 0.167. The van der Waals surface area contributed by atoms with Gasteiger partial charge in [-0.3, -0.25) is 4.79 Å². The first-order valence-electron chi connectivity index (χ1n) is 7.42. The number of nitrogens with one attached hydrogen (secondary N) is 1. The van der Waals surface area contributed by atoms with E-state index < -0.39 is 11.7 Å². The van der Waals surface area contributed by atoms with Crippen molar-refractivity contribution in [3.63, 3.8) is 0 Å². The summed E-state index contributed by atoms with van der Waals surface area (Å²) in [6.07, 6.45) is 7.63. The molecule has 0 radical (unpaired) electrons.